The number of alkyl carbamates (subject to hydrolysis) is 1. The van der Waals surface area contributed by atoms with Crippen LogP contribution in [0.5, 0.6) is 0 Å². The number of nitrogens with zero attached hydrogens (tertiary/aromatic N) is 4. The second-order valence-electron chi connectivity index (χ2n) is 16.2. The molecule has 338 valence electrons. The molecule has 3 aromatic carbocycles. The number of ether oxygens (including phenoxy) is 4. The molecule has 3 aliphatic heterocycles. The van der Waals surface area contributed by atoms with E-state index in [0.29, 0.717) is 51.4 Å². The van der Waals surface area contributed by atoms with Gasteiger partial charge in [0.05, 0.1) is 67.8 Å². The zero-order valence-electron chi connectivity index (χ0n) is 37.7. The summed E-state index contributed by atoms with van der Waals surface area (Å²) in [4.78, 5) is 66.6. The van der Waals surface area contributed by atoms with E-state index in [2.05, 4.69) is 99.3 Å². The largest absolute Gasteiger partial charge is 0.453 e. The minimum absolute atomic E-state index is 0.0317. The number of benzene rings is 3. The van der Waals surface area contributed by atoms with E-state index in [0.717, 1.165) is 49.9 Å². The van der Waals surface area contributed by atoms with Gasteiger partial charge in [-0.05, 0) is 65.8 Å². The molecule has 2 unspecified atom stereocenters. The smallest absolute Gasteiger partial charge is 0.407 e. The van der Waals surface area contributed by atoms with Crippen LogP contribution in [-0.4, -0.2) is 126 Å². The van der Waals surface area contributed by atoms with Crippen molar-refractivity contribution >= 4 is 46.4 Å². The molecule has 3 saturated heterocycles. The van der Waals surface area contributed by atoms with Crippen molar-refractivity contribution in [2.24, 2.45) is 5.92 Å². The molecule has 5 aromatic rings. The Kier molecular flexibility index (Phi) is 17.0. The van der Waals surface area contributed by atoms with Crippen LogP contribution < -0.4 is 10.6 Å². The molecule has 3 fully saturated rings. The Morgan fingerprint density at radius 2 is 1.52 bits per heavy atom. The van der Waals surface area contributed by atoms with Gasteiger partial charge in [-0.25, -0.2) is 14.8 Å². The predicted molar refractivity (Wildman–Crippen MR) is 242 cm³/mol. The van der Waals surface area contributed by atoms with E-state index in [-0.39, 0.29) is 36.4 Å². The van der Waals surface area contributed by atoms with Gasteiger partial charge in [-0.1, -0.05) is 82.7 Å². The summed E-state index contributed by atoms with van der Waals surface area (Å²) in [5.41, 5.74) is 9.03. The van der Waals surface area contributed by atoms with Crippen molar-refractivity contribution in [1.82, 2.24) is 40.4 Å². The first-order valence-corrected chi connectivity index (χ1v) is 21.3. The molecule has 1 spiro atoms. The summed E-state index contributed by atoms with van der Waals surface area (Å²) in [5, 5.41) is 5.06. The molecule has 3 aliphatic rings. The molecule has 2 aromatic heterocycles. The number of methoxy groups -OCH3 is 2. The highest BCUT2D eigenvalue weighted by molar-refractivity contribution is 5.88. The quantitative estimate of drug-likeness (QED) is 0.0909. The van der Waals surface area contributed by atoms with Crippen LogP contribution in [0.3, 0.4) is 0 Å². The Hall–Kier alpha value is -6.10. The van der Waals surface area contributed by atoms with E-state index in [9.17, 15) is 19.2 Å². The number of nitrogens with one attached hydrogen (secondary N) is 4. The van der Waals surface area contributed by atoms with E-state index in [1.54, 1.807) is 30.3 Å². The van der Waals surface area contributed by atoms with Crippen LogP contribution in [0.2, 0.25) is 0 Å². The van der Waals surface area contributed by atoms with Crippen LogP contribution in [0.4, 0.5) is 4.79 Å². The first-order valence-electron chi connectivity index (χ1n) is 21.3. The highest BCUT2D eigenvalue weighted by atomic mass is 16.7. The molecular formula is C47H62N8O8. The normalized spacial score (nSPS) is 18.0. The summed E-state index contributed by atoms with van der Waals surface area (Å²) >= 11 is 0. The lowest BCUT2D eigenvalue weighted by molar-refractivity contribution is -0.152. The fourth-order valence-corrected chi connectivity index (χ4v) is 7.80. The number of likely N-dealkylation sites (tertiary alicyclic amines) is 2. The molecule has 8 rings (SSSR count). The summed E-state index contributed by atoms with van der Waals surface area (Å²) in [5.74, 6) is -0.295. The van der Waals surface area contributed by atoms with Crippen molar-refractivity contribution in [3.8, 4) is 22.3 Å². The minimum Gasteiger partial charge on any atom is -0.453 e. The van der Waals surface area contributed by atoms with Crippen molar-refractivity contribution in [2.75, 3.05) is 54.2 Å². The fourth-order valence-electron chi connectivity index (χ4n) is 7.80. The number of carbonyl (C=O) groups is 4. The molecule has 16 nitrogen and oxygen atoms in total. The Morgan fingerprint density at radius 3 is 2.11 bits per heavy atom. The Morgan fingerprint density at radius 1 is 0.937 bits per heavy atom. The highest BCUT2D eigenvalue weighted by Crippen LogP contribution is 2.37. The number of imidazole rings is 2. The lowest BCUT2D eigenvalue weighted by Crippen LogP contribution is -2.51. The number of hydrogen-bond acceptors (Lipinski definition) is 10. The Bertz CT molecular complexity index is 2310. The number of hydrogen-bond donors (Lipinski definition) is 4. The fraction of sp³-hybridized carbons (Fsp3) is 0.447. The van der Waals surface area contributed by atoms with Crippen LogP contribution in [0.1, 0.15) is 65.7 Å². The van der Waals surface area contributed by atoms with Crippen molar-refractivity contribution in [1.29, 1.82) is 0 Å². The first-order chi connectivity index (χ1) is 30.3. The Balaban J connectivity index is 0.000000281. The molecule has 0 radical (unpaired) electrons. The van der Waals surface area contributed by atoms with Crippen LogP contribution in [-0.2, 0) is 33.3 Å². The number of aromatic nitrogens is 4. The summed E-state index contributed by atoms with van der Waals surface area (Å²) in [7, 11) is 4.54. The third-order valence-corrected chi connectivity index (χ3v) is 10.7. The second-order valence-corrected chi connectivity index (χ2v) is 16.2. The van der Waals surface area contributed by atoms with Crippen molar-refractivity contribution in [2.45, 2.75) is 77.8 Å². The molecular weight excluding hydrogens is 805 g/mol. The number of carbonyl (C=O) groups excluding carboxylic acids is 4. The van der Waals surface area contributed by atoms with Crippen LogP contribution in [0, 0.1) is 5.92 Å². The summed E-state index contributed by atoms with van der Waals surface area (Å²) in [6.45, 7) is 16.2. The average molecular weight is 867 g/mol. The van der Waals surface area contributed by atoms with Crippen molar-refractivity contribution in [3.63, 3.8) is 0 Å². The van der Waals surface area contributed by atoms with Gasteiger partial charge in [0.2, 0.25) is 18.2 Å². The minimum atomic E-state index is -0.712. The molecule has 3 atom stereocenters. The number of fused-ring (bicyclic) bond motifs is 2. The van der Waals surface area contributed by atoms with Gasteiger partial charge in [-0.2, -0.15) is 0 Å². The van der Waals surface area contributed by atoms with Crippen LogP contribution >= 0.6 is 0 Å². The van der Waals surface area contributed by atoms with E-state index in [4.69, 9.17) is 19.2 Å². The molecule has 63 heavy (non-hydrogen) atoms. The summed E-state index contributed by atoms with van der Waals surface area (Å²) in [6, 6.07) is 19.9. The van der Waals surface area contributed by atoms with Gasteiger partial charge in [0.15, 0.2) is 5.79 Å². The van der Waals surface area contributed by atoms with E-state index < -0.39 is 17.9 Å². The maximum absolute atomic E-state index is 13.6. The lowest BCUT2D eigenvalue weighted by Gasteiger charge is -2.29. The highest BCUT2D eigenvalue weighted by Gasteiger charge is 2.48. The Labute approximate surface area is 369 Å². The van der Waals surface area contributed by atoms with Gasteiger partial charge in [0.25, 0.3) is 0 Å². The number of rotatable bonds is 9. The number of aromatic amines is 2. The maximum Gasteiger partial charge on any atom is 0.407 e. The molecule has 0 saturated carbocycles. The average Bonchev–Trinajstić information content (AvgIpc) is 4.13. The standard InChI is InChI=1S/C32H32N6O3.C10H16N2O4.C3H8.C2H6O/c1-18(2)29(37-32(40)41-4)31(39)38-16-19(3)13-28(38)30-35-25-12-10-23(15-27(25)36-30)21-7-5-20(6-8-21)22-9-11-24-26(14-22)34-17-33-24;1-8-4-10(15-2-3-16-10)6-12(8)9(14)5-11-7-13;2*1-3-2/h5-12,14-15,17-18,28-29H,3,13,16H2,1-2,4H3,(H,33,34)(H,35,36)(H,37,40);7-8H,2-6H2,1H3,(H,11,13);3H2,1-2H3;1-2H3/t;8-;;/m.1../s1. The van der Waals surface area contributed by atoms with Gasteiger partial charge in [0.1, 0.15) is 11.9 Å². The van der Waals surface area contributed by atoms with Gasteiger partial charge in [-0.3, -0.25) is 14.4 Å². The molecule has 0 bridgehead atoms. The van der Waals surface area contributed by atoms with Crippen molar-refractivity contribution < 1.29 is 38.1 Å². The molecule has 0 aliphatic carbocycles. The van der Waals surface area contributed by atoms with Crippen LogP contribution in [0.25, 0.3) is 44.3 Å². The zero-order chi connectivity index (χ0) is 45.7. The van der Waals surface area contributed by atoms with Crippen molar-refractivity contribution in [3.05, 3.63) is 85.0 Å². The predicted octanol–water partition coefficient (Wildman–Crippen LogP) is 6.76. The van der Waals surface area contributed by atoms with Gasteiger partial charge in [-0.15, -0.1) is 0 Å². The molecule has 4 N–H and O–H groups in total. The zero-order valence-corrected chi connectivity index (χ0v) is 37.7. The second kappa shape index (κ2) is 22.3. The maximum atomic E-state index is 13.6. The molecule has 4 amide bonds. The van der Waals surface area contributed by atoms with E-state index >= 15 is 0 Å². The number of amides is 4. The monoisotopic (exact) mass is 866 g/mol. The van der Waals surface area contributed by atoms with Gasteiger partial charge < -0.3 is 49.3 Å². The lowest BCUT2D eigenvalue weighted by atomic mass is 10.00. The van der Waals surface area contributed by atoms with E-state index in [1.807, 2.05) is 32.9 Å². The van der Waals surface area contributed by atoms with E-state index in [1.165, 1.54) is 13.5 Å². The summed E-state index contributed by atoms with van der Waals surface area (Å²) < 4.78 is 20.1. The third-order valence-electron chi connectivity index (χ3n) is 10.7. The van der Waals surface area contributed by atoms with Gasteiger partial charge in [0, 0.05) is 33.2 Å². The van der Waals surface area contributed by atoms with Gasteiger partial charge >= 0.3 is 6.09 Å². The first kappa shape index (κ1) is 47.9. The topological polar surface area (TPSA) is 193 Å². The third kappa shape index (κ3) is 11.9. The van der Waals surface area contributed by atoms with Crippen LogP contribution in [0.15, 0.2) is 79.1 Å². The SMILES string of the molecule is C=C1CC(c2nc3ccc(-c4ccc(-c5ccc6nc[nH]c6c5)cc4)cc3[nH]2)N(C(=O)C(NC(=O)OC)C(C)C)C1.CCC.COC.C[C@@H]1CC2(CN1C(=O)CNC=O)OCCO2. The summed E-state index contributed by atoms with van der Waals surface area (Å²) in [6.07, 6.45) is 4.15. The molecule has 5 heterocycles. The number of H-pyrrole nitrogens is 2. The molecule has 16 heteroatoms.